The molecule has 2 aromatic heterocycles. The highest BCUT2D eigenvalue weighted by atomic mass is 16.3. The first-order valence-corrected chi connectivity index (χ1v) is 7.84. The van der Waals surface area contributed by atoms with Gasteiger partial charge in [0.15, 0.2) is 0 Å². The summed E-state index contributed by atoms with van der Waals surface area (Å²) < 4.78 is 0. The summed E-state index contributed by atoms with van der Waals surface area (Å²) in [4.78, 5) is 9.35. The first-order chi connectivity index (χ1) is 11.7. The summed E-state index contributed by atoms with van der Waals surface area (Å²) in [6, 6.07) is 21.5. The van der Waals surface area contributed by atoms with Crippen LogP contribution >= 0.6 is 0 Å². The van der Waals surface area contributed by atoms with Crippen LogP contribution in [0.4, 0.5) is 0 Å². The number of hydrogen-bond donors (Lipinski definition) is 1. The summed E-state index contributed by atoms with van der Waals surface area (Å²) in [6.07, 6.45) is 1.68. The number of nitrogens with zero attached hydrogens (tertiary/aromatic N) is 2. The molecule has 116 valence electrons. The normalized spacial score (nSPS) is 12.0. The quantitative estimate of drug-likeness (QED) is 0.411. The third-order valence-corrected chi connectivity index (χ3v) is 4.03. The number of aliphatic hydroxyl groups excluding tert-OH is 1. The third kappa shape index (κ3) is 2.61. The molecule has 4 rings (SSSR count). The average Bonchev–Trinajstić information content (AvgIpc) is 2.62. The highest BCUT2D eigenvalue weighted by Gasteiger charge is 2.06. The molecule has 3 nitrogen and oxygen atoms in total. The molecule has 0 spiro atoms. The Balaban J connectivity index is 1.88. The molecule has 0 amide bonds. The van der Waals surface area contributed by atoms with E-state index in [-0.39, 0.29) is 5.76 Å². The molecule has 0 fully saturated rings. The van der Waals surface area contributed by atoms with Gasteiger partial charge in [0.25, 0.3) is 0 Å². The van der Waals surface area contributed by atoms with Crippen LogP contribution in [-0.2, 0) is 0 Å². The van der Waals surface area contributed by atoms with E-state index in [1.165, 1.54) is 0 Å². The lowest BCUT2D eigenvalue weighted by Gasteiger charge is -2.05. The van der Waals surface area contributed by atoms with Crippen LogP contribution in [0.5, 0.6) is 0 Å². The highest BCUT2D eigenvalue weighted by Crippen LogP contribution is 2.24. The summed E-state index contributed by atoms with van der Waals surface area (Å²) in [5, 5.41) is 12.4. The molecule has 2 heterocycles. The Kier molecular flexibility index (Phi) is 3.47. The van der Waals surface area contributed by atoms with Gasteiger partial charge >= 0.3 is 0 Å². The van der Waals surface area contributed by atoms with E-state index in [4.69, 9.17) is 4.98 Å². The number of aliphatic hydroxyl groups is 1. The predicted molar refractivity (Wildman–Crippen MR) is 98.7 cm³/mol. The fraction of sp³-hybridized carbons (Fsp3) is 0.0476. The second kappa shape index (κ2) is 5.78. The minimum absolute atomic E-state index is 0.201. The number of hydrogen-bond acceptors (Lipinski definition) is 3. The van der Waals surface area contributed by atoms with Crippen molar-refractivity contribution in [2.75, 3.05) is 0 Å². The van der Waals surface area contributed by atoms with Crippen LogP contribution in [0.3, 0.4) is 0 Å². The van der Waals surface area contributed by atoms with E-state index in [1.807, 2.05) is 61.5 Å². The van der Waals surface area contributed by atoms with Gasteiger partial charge in [-0.3, -0.25) is 4.98 Å². The van der Waals surface area contributed by atoms with Crippen molar-refractivity contribution in [3.8, 4) is 0 Å². The lowest BCUT2D eigenvalue weighted by molar-refractivity contribution is 0.515. The van der Waals surface area contributed by atoms with Crippen LogP contribution in [-0.4, -0.2) is 15.1 Å². The molecule has 0 saturated carbocycles. The molecule has 1 N–H and O–H groups in total. The maximum absolute atomic E-state index is 10.3. The van der Waals surface area contributed by atoms with Crippen molar-refractivity contribution < 1.29 is 5.11 Å². The van der Waals surface area contributed by atoms with Gasteiger partial charge in [-0.05, 0) is 19.1 Å². The van der Waals surface area contributed by atoms with E-state index in [1.54, 1.807) is 6.08 Å². The Hall–Kier alpha value is -3.20. The molecule has 0 bridgehead atoms. The summed E-state index contributed by atoms with van der Waals surface area (Å²) >= 11 is 0. The number of benzene rings is 2. The van der Waals surface area contributed by atoms with Crippen molar-refractivity contribution >= 4 is 33.6 Å². The zero-order chi connectivity index (χ0) is 16.5. The van der Waals surface area contributed by atoms with Crippen LogP contribution in [0, 0.1) is 6.92 Å². The van der Waals surface area contributed by atoms with Crippen LogP contribution in [0.25, 0.3) is 33.6 Å². The molecular weight excluding hydrogens is 296 g/mol. The van der Waals surface area contributed by atoms with Crippen LogP contribution < -0.4 is 0 Å². The minimum atomic E-state index is 0.201. The van der Waals surface area contributed by atoms with Gasteiger partial charge in [-0.1, -0.05) is 54.6 Å². The van der Waals surface area contributed by atoms with Gasteiger partial charge in [-0.2, -0.15) is 0 Å². The largest absolute Gasteiger partial charge is 0.507 e. The van der Waals surface area contributed by atoms with Crippen molar-refractivity contribution in [1.82, 2.24) is 9.97 Å². The molecule has 0 aliphatic heterocycles. The summed E-state index contributed by atoms with van der Waals surface area (Å²) in [5.41, 5.74) is 4.18. The van der Waals surface area contributed by atoms with Crippen molar-refractivity contribution in [3.63, 3.8) is 0 Å². The van der Waals surface area contributed by atoms with Crippen molar-refractivity contribution in [3.05, 3.63) is 83.7 Å². The molecule has 4 aromatic rings. The summed E-state index contributed by atoms with van der Waals surface area (Å²) in [6.45, 7) is 1.98. The molecule has 0 aliphatic carbocycles. The maximum atomic E-state index is 10.3. The molecule has 24 heavy (non-hydrogen) atoms. The highest BCUT2D eigenvalue weighted by molar-refractivity contribution is 6.03. The van der Waals surface area contributed by atoms with Crippen molar-refractivity contribution in [2.24, 2.45) is 0 Å². The Bertz CT molecular complexity index is 1070. The van der Waals surface area contributed by atoms with E-state index in [9.17, 15) is 5.11 Å². The fourth-order valence-electron chi connectivity index (χ4n) is 2.79. The zero-order valence-corrected chi connectivity index (χ0v) is 13.3. The minimum Gasteiger partial charge on any atom is -0.507 e. The van der Waals surface area contributed by atoms with Gasteiger partial charge < -0.3 is 5.11 Å². The van der Waals surface area contributed by atoms with Gasteiger partial charge in [-0.25, -0.2) is 4.98 Å². The topological polar surface area (TPSA) is 46.0 Å². The second-order valence-electron chi connectivity index (χ2n) is 5.79. The zero-order valence-electron chi connectivity index (χ0n) is 13.3. The van der Waals surface area contributed by atoms with Crippen molar-refractivity contribution in [2.45, 2.75) is 6.92 Å². The number of pyridine rings is 2. The molecule has 0 unspecified atom stereocenters. The van der Waals surface area contributed by atoms with Gasteiger partial charge in [0.2, 0.25) is 0 Å². The van der Waals surface area contributed by atoms with Crippen LogP contribution in [0.1, 0.15) is 17.0 Å². The molecule has 2 aromatic carbocycles. The Labute approximate surface area is 139 Å². The number of aryl methyl sites for hydroxylation is 1. The third-order valence-electron chi connectivity index (χ3n) is 4.03. The lowest BCUT2D eigenvalue weighted by atomic mass is 10.1. The van der Waals surface area contributed by atoms with E-state index in [0.717, 1.165) is 33.1 Å². The smallest absolute Gasteiger partial charge is 0.124 e. The van der Waals surface area contributed by atoms with Crippen molar-refractivity contribution in [1.29, 1.82) is 0 Å². The molecule has 0 saturated heterocycles. The maximum Gasteiger partial charge on any atom is 0.124 e. The number of fused-ring (bicyclic) bond motifs is 3. The number of rotatable bonds is 2. The second-order valence-corrected chi connectivity index (χ2v) is 5.79. The van der Waals surface area contributed by atoms with Gasteiger partial charge in [0, 0.05) is 28.1 Å². The van der Waals surface area contributed by atoms with Gasteiger partial charge in [0.05, 0.1) is 16.7 Å². The van der Waals surface area contributed by atoms with Gasteiger partial charge in [0.1, 0.15) is 5.76 Å². The van der Waals surface area contributed by atoms with E-state index >= 15 is 0 Å². The lowest BCUT2D eigenvalue weighted by Crippen LogP contribution is -1.90. The van der Waals surface area contributed by atoms with E-state index in [2.05, 4.69) is 17.1 Å². The summed E-state index contributed by atoms with van der Waals surface area (Å²) in [7, 11) is 0. The molecule has 0 atom stereocenters. The Morgan fingerprint density at radius 1 is 0.792 bits per heavy atom. The Morgan fingerprint density at radius 2 is 1.42 bits per heavy atom. The predicted octanol–water partition coefficient (Wildman–Crippen LogP) is 5.15. The molecule has 0 radical (unpaired) electrons. The first-order valence-electron chi connectivity index (χ1n) is 7.84. The van der Waals surface area contributed by atoms with Gasteiger partial charge in [-0.15, -0.1) is 0 Å². The first kappa shape index (κ1) is 14.4. The van der Waals surface area contributed by atoms with Crippen LogP contribution in [0.15, 0.2) is 66.7 Å². The molecule has 3 heteroatoms. The summed E-state index contributed by atoms with van der Waals surface area (Å²) in [5.74, 6) is 0.201. The van der Waals surface area contributed by atoms with E-state index in [0.29, 0.717) is 5.69 Å². The Morgan fingerprint density at radius 3 is 2.17 bits per heavy atom. The number of aromatic nitrogens is 2. The average molecular weight is 312 g/mol. The van der Waals surface area contributed by atoms with Crippen LogP contribution in [0.2, 0.25) is 0 Å². The fourth-order valence-corrected chi connectivity index (χ4v) is 2.79. The molecular formula is C21H16N2O. The molecule has 0 aliphatic rings. The monoisotopic (exact) mass is 312 g/mol. The van der Waals surface area contributed by atoms with E-state index < -0.39 is 0 Å². The standard InChI is InChI=1S/C21H16N2O/c1-14-7-8-16-9-10-17-11-12-18(23-21(17)20(16)22-14)13-19(24)15-5-3-2-4-6-15/h2-13,24H,1H3/b19-13-. The SMILES string of the molecule is Cc1ccc2ccc3ccc(/C=C(\O)c4ccccc4)nc3c2n1.